The van der Waals surface area contributed by atoms with Gasteiger partial charge in [-0.15, -0.1) is 0 Å². The highest BCUT2D eigenvalue weighted by atomic mass is 35.5. The number of halogens is 1. The first-order valence-corrected chi connectivity index (χ1v) is 6.52. The van der Waals surface area contributed by atoms with Gasteiger partial charge in [-0.25, -0.2) is 0 Å². The minimum Gasteiger partial charge on any atom is -0.339 e. The van der Waals surface area contributed by atoms with Gasteiger partial charge in [0.15, 0.2) is 0 Å². The van der Waals surface area contributed by atoms with Gasteiger partial charge in [-0.3, -0.25) is 9.78 Å². The molecule has 18 heavy (non-hydrogen) atoms. The van der Waals surface area contributed by atoms with E-state index in [-0.39, 0.29) is 5.91 Å². The molecule has 0 spiro atoms. The number of rotatable bonds is 2. The van der Waals surface area contributed by atoms with Crippen LogP contribution in [0.25, 0.3) is 0 Å². The Labute approximate surface area is 113 Å². The summed E-state index contributed by atoms with van der Waals surface area (Å²) in [5, 5.41) is 0.467. The molecule has 1 aliphatic heterocycles. The molecule has 4 nitrogen and oxygen atoms in total. The maximum absolute atomic E-state index is 12.3. The second kappa shape index (κ2) is 5.67. The molecule has 1 amide bonds. The van der Waals surface area contributed by atoms with Crippen LogP contribution in [0, 0.1) is 0 Å². The van der Waals surface area contributed by atoms with Crippen LogP contribution in [0.5, 0.6) is 0 Å². The summed E-state index contributed by atoms with van der Waals surface area (Å²) in [6.07, 6.45) is 5.15. The van der Waals surface area contributed by atoms with Crippen molar-refractivity contribution in [3.63, 3.8) is 0 Å². The number of hydrogen-bond acceptors (Lipinski definition) is 3. The van der Waals surface area contributed by atoms with Crippen LogP contribution in [0.3, 0.4) is 0 Å². The Bertz CT molecular complexity index is 430. The van der Waals surface area contributed by atoms with Gasteiger partial charge in [0.2, 0.25) is 0 Å². The maximum atomic E-state index is 12.3. The molecular formula is C13H18ClN3O. The monoisotopic (exact) mass is 267 g/mol. The number of nitrogens with zero attached hydrogens (tertiary/aromatic N) is 3. The quantitative estimate of drug-likeness (QED) is 0.821. The second-order valence-electron chi connectivity index (χ2n) is 4.81. The average Bonchev–Trinajstić information content (AvgIpc) is 2.38. The number of carbonyl (C=O) groups excluding carboxylic acids is 1. The third-order valence-electron chi connectivity index (χ3n) is 3.55. The average molecular weight is 268 g/mol. The molecule has 5 heteroatoms. The summed E-state index contributed by atoms with van der Waals surface area (Å²) in [6.45, 7) is 2.06. The highest BCUT2D eigenvalue weighted by Gasteiger charge is 2.25. The zero-order valence-corrected chi connectivity index (χ0v) is 11.5. The number of hydrogen-bond donors (Lipinski definition) is 0. The van der Waals surface area contributed by atoms with Crippen LogP contribution in [0.15, 0.2) is 18.5 Å². The first-order valence-electron chi connectivity index (χ1n) is 6.15. The van der Waals surface area contributed by atoms with Crippen molar-refractivity contribution in [3.8, 4) is 0 Å². The van der Waals surface area contributed by atoms with E-state index in [0.29, 0.717) is 16.6 Å². The molecule has 0 unspecified atom stereocenters. The van der Waals surface area contributed by atoms with Gasteiger partial charge in [-0.2, -0.15) is 0 Å². The summed E-state index contributed by atoms with van der Waals surface area (Å²) in [5.74, 6) is -0.0392. The molecule has 0 atom stereocenters. The van der Waals surface area contributed by atoms with Gasteiger partial charge in [0.25, 0.3) is 5.91 Å². The van der Waals surface area contributed by atoms with Crippen molar-refractivity contribution in [2.45, 2.75) is 18.9 Å². The Kier molecular flexibility index (Phi) is 4.19. The first kappa shape index (κ1) is 13.3. The van der Waals surface area contributed by atoms with Crippen molar-refractivity contribution in [1.29, 1.82) is 0 Å². The minimum absolute atomic E-state index is 0.0392. The van der Waals surface area contributed by atoms with Gasteiger partial charge >= 0.3 is 0 Å². The van der Waals surface area contributed by atoms with E-state index in [1.54, 1.807) is 17.2 Å². The Hall–Kier alpha value is -1.13. The minimum atomic E-state index is -0.0392. The predicted octanol–water partition coefficient (Wildman–Crippen LogP) is 1.90. The summed E-state index contributed by atoms with van der Waals surface area (Å²) >= 11 is 6.03. The van der Waals surface area contributed by atoms with Gasteiger partial charge in [-0.1, -0.05) is 11.6 Å². The molecule has 0 radical (unpaired) electrons. The standard InChI is InChI=1S/C13H18ClN3O/c1-16-7-4-10(5-8-16)17(2)13(18)11-9-15-6-3-12(11)14/h3,6,9-10H,4-5,7-8H2,1-2H3. The fourth-order valence-corrected chi connectivity index (χ4v) is 2.46. The Morgan fingerprint density at radius 1 is 1.50 bits per heavy atom. The fraction of sp³-hybridized carbons (Fsp3) is 0.538. The van der Waals surface area contributed by atoms with Gasteiger partial charge in [0.1, 0.15) is 0 Å². The lowest BCUT2D eigenvalue weighted by molar-refractivity contribution is 0.0659. The van der Waals surface area contributed by atoms with E-state index >= 15 is 0 Å². The highest BCUT2D eigenvalue weighted by molar-refractivity contribution is 6.33. The smallest absolute Gasteiger partial charge is 0.256 e. The zero-order chi connectivity index (χ0) is 13.1. The van der Waals surface area contributed by atoms with Crippen molar-refractivity contribution in [3.05, 3.63) is 29.0 Å². The van der Waals surface area contributed by atoms with Crippen molar-refractivity contribution in [2.24, 2.45) is 0 Å². The van der Waals surface area contributed by atoms with Crippen LogP contribution in [0.1, 0.15) is 23.2 Å². The first-order chi connectivity index (χ1) is 8.59. The Morgan fingerprint density at radius 3 is 2.78 bits per heavy atom. The largest absolute Gasteiger partial charge is 0.339 e. The molecule has 0 N–H and O–H groups in total. The van der Waals surface area contributed by atoms with Gasteiger partial charge in [0.05, 0.1) is 10.6 Å². The van der Waals surface area contributed by atoms with E-state index in [9.17, 15) is 4.79 Å². The lowest BCUT2D eigenvalue weighted by Crippen LogP contribution is -2.44. The molecule has 0 aliphatic carbocycles. The summed E-state index contributed by atoms with van der Waals surface area (Å²) in [5.41, 5.74) is 0.487. The van der Waals surface area contributed by atoms with Crippen molar-refractivity contribution < 1.29 is 4.79 Å². The Balaban J connectivity index is 2.07. The number of aromatic nitrogens is 1. The molecule has 0 saturated carbocycles. The summed E-state index contributed by atoms with van der Waals surface area (Å²) in [7, 11) is 3.96. The van der Waals surface area contributed by atoms with Crippen LogP contribution in [0.2, 0.25) is 5.02 Å². The highest BCUT2D eigenvalue weighted by Crippen LogP contribution is 2.20. The number of pyridine rings is 1. The lowest BCUT2D eigenvalue weighted by atomic mass is 10.0. The summed E-state index contributed by atoms with van der Waals surface area (Å²) in [6, 6.07) is 1.95. The molecule has 0 bridgehead atoms. The molecule has 0 aromatic carbocycles. The number of piperidine rings is 1. The van der Waals surface area contributed by atoms with Crippen molar-refractivity contribution in [1.82, 2.24) is 14.8 Å². The molecule has 2 rings (SSSR count). The third-order valence-corrected chi connectivity index (χ3v) is 3.88. The molecule has 2 heterocycles. The van der Waals surface area contributed by atoms with Crippen LogP contribution in [-0.4, -0.2) is 53.9 Å². The van der Waals surface area contributed by atoms with Gasteiger partial charge in [0, 0.05) is 25.5 Å². The summed E-state index contributed by atoms with van der Waals surface area (Å²) < 4.78 is 0. The predicted molar refractivity (Wildman–Crippen MR) is 71.9 cm³/mol. The van der Waals surface area contributed by atoms with Crippen LogP contribution < -0.4 is 0 Å². The topological polar surface area (TPSA) is 36.4 Å². The SMILES string of the molecule is CN1CCC(N(C)C(=O)c2cnccc2Cl)CC1. The van der Waals surface area contributed by atoms with E-state index in [2.05, 4.69) is 16.9 Å². The van der Waals surface area contributed by atoms with Crippen molar-refractivity contribution >= 4 is 17.5 Å². The maximum Gasteiger partial charge on any atom is 0.256 e. The van der Waals surface area contributed by atoms with E-state index in [4.69, 9.17) is 11.6 Å². The molecule has 1 aliphatic rings. The number of likely N-dealkylation sites (tertiary alicyclic amines) is 1. The molecule has 1 aromatic rings. The van der Waals surface area contributed by atoms with Crippen LogP contribution in [-0.2, 0) is 0 Å². The molecule has 98 valence electrons. The van der Waals surface area contributed by atoms with E-state index < -0.39 is 0 Å². The number of amides is 1. The van der Waals surface area contributed by atoms with Crippen LogP contribution in [0.4, 0.5) is 0 Å². The third kappa shape index (κ3) is 2.82. The number of carbonyl (C=O) groups is 1. The second-order valence-corrected chi connectivity index (χ2v) is 5.21. The lowest BCUT2D eigenvalue weighted by Gasteiger charge is -2.35. The Morgan fingerprint density at radius 2 is 2.17 bits per heavy atom. The normalized spacial score (nSPS) is 17.7. The molecule has 1 fully saturated rings. The van der Waals surface area contributed by atoms with E-state index in [1.165, 1.54) is 6.20 Å². The van der Waals surface area contributed by atoms with E-state index in [1.807, 2.05) is 7.05 Å². The van der Waals surface area contributed by atoms with Gasteiger partial charge in [-0.05, 0) is 39.0 Å². The van der Waals surface area contributed by atoms with Crippen LogP contribution >= 0.6 is 11.6 Å². The zero-order valence-electron chi connectivity index (χ0n) is 10.8. The van der Waals surface area contributed by atoms with Gasteiger partial charge < -0.3 is 9.80 Å². The summed E-state index contributed by atoms with van der Waals surface area (Å²) in [4.78, 5) is 20.4. The molecule has 1 saturated heterocycles. The van der Waals surface area contributed by atoms with E-state index in [0.717, 1.165) is 25.9 Å². The molecular weight excluding hydrogens is 250 g/mol. The van der Waals surface area contributed by atoms with Crippen molar-refractivity contribution in [2.75, 3.05) is 27.2 Å². The fourth-order valence-electron chi connectivity index (χ4n) is 2.27. The molecule has 1 aromatic heterocycles.